The highest BCUT2D eigenvalue weighted by atomic mass is 79.9. The number of rotatable bonds is 24. The zero-order valence-corrected chi connectivity index (χ0v) is 33.4. The van der Waals surface area contributed by atoms with Crippen molar-refractivity contribution in [3.63, 3.8) is 0 Å². The van der Waals surface area contributed by atoms with E-state index in [1.165, 1.54) is 157 Å². The third-order valence-electron chi connectivity index (χ3n) is 8.52. The van der Waals surface area contributed by atoms with Crippen molar-refractivity contribution in [2.45, 2.75) is 155 Å². The third kappa shape index (κ3) is 12.2. The largest absolute Gasteiger partial charge is 0.222 e. The third-order valence-corrected chi connectivity index (χ3v) is 14.2. The number of unbranched alkanes of at least 4 members (excludes halogenated alkanes) is 18. The normalized spacial score (nSPS) is 11.8. The summed E-state index contributed by atoms with van der Waals surface area (Å²) in [6, 6.07) is 4.65. The van der Waals surface area contributed by atoms with Crippen molar-refractivity contribution in [1.29, 1.82) is 0 Å². The fourth-order valence-corrected chi connectivity index (χ4v) is 11.6. The number of hydrogen-bond donors (Lipinski definition) is 0. The maximum absolute atomic E-state index is 5.12. The molecular formula is C36H52Br2N2S4. The van der Waals surface area contributed by atoms with Crippen LogP contribution in [0, 0.1) is 0 Å². The van der Waals surface area contributed by atoms with Crippen LogP contribution in [0.25, 0.3) is 29.4 Å². The first kappa shape index (κ1) is 36.7. The molecule has 2 nitrogen and oxygen atoms in total. The number of hydrogen-bond acceptors (Lipinski definition) is 6. The Morgan fingerprint density at radius 2 is 0.773 bits per heavy atom. The van der Waals surface area contributed by atoms with Crippen molar-refractivity contribution < 1.29 is 0 Å². The van der Waals surface area contributed by atoms with Gasteiger partial charge in [-0.2, -0.15) is 0 Å². The molecular weight excluding hydrogens is 748 g/mol. The summed E-state index contributed by atoms with van der Waals surface area (Å²) in [6.07, 6.45) is 29.8. The number of nitrogens with zero attached hydrogens (tertiary/aromatic N) is 2. The van der Waals surface area contributed by atoms with Gasteiger partial charge in [0.2, 0.25) is 0 Å². The molecule has 0 aliphatic rings. The lowest BCUT2D eigenvalue weighted by Crippen LogP contribution is -1.87. The summed E-state index contributed by atoms with van der Waals surface area (Å²) in [5.74, 6) is 0. The van der Waals surface area contributed by atoms with Gasteiger partial charge in [0.05, 0.1) is 17.3 Å². The van der Waals surface area contributed by atoms with Crippen LogP contribution in [-0.2, 0) is 12.8 Å². The van der Waals surface area contributed by atoms with E-state index >= 15 is 0 Å². The minimum atomic E-state index is 1.09. The van der Waals surface area contributed by atoms with E-state index in [1.807, 2.05) is 22.7 Å². The van der Waals surface area contributed by atoms with Gasteiger partial charge in [0, 0.05) is 0 Å². The molecule has 0 saturated heterocycles. The van der Waals surface area contributed by atoms with Crippen LogP contribution in [0.5, 0.6) is 0 Å². The molecule has 4 aromatic heterocycles. The molecule has 0 aliphatic heterocycles. The van der Waals surface area contributed by atoms with Gasteiger partial charge in [-0.15, -0.1) is 22.7 Å². The van der Waals surface area contributed by atoms with Crippen LogP contribution in [0.15, 0.2) is 19.7 Å². The molecule has 0 unspecified atom stereocenters. The fraction of sp³-hybridized carbons (Fsp3) is 0.667. The molecule has 0 amide bonds. The number of fused-ring (bicyclic) bond motifs is 1. The molecule has 0 aromatic carbocycles. The summed E-state index contributed by atoms with van der Waals surface area (Å²) in [5, 5.41) is 2.28. The average Bonchev–Trinajstić information content (AvgIpc) is 3.77. The Kier molecular flexibility index (Phi) is 17.5. The van der Waals surface area contributed by atoms with Gasteiger partial charge in [-0.1, -0.05) is 152 Å². The van der Waals surface area contributed by atoms with E-state index in [9.17, 15) is 0 Å². The number of aryl methyl sites for hydroxylation is 2. The Hall–Kier alpha value is -0.120. The molecule has 0 atom stereocenters. The second-order valence-electron chi connectivity index (χ2n) is 12.3. The maximum atomic E-state index is 5.12. The molecule has 4 rings (SSSR count). The SMILES string of the molecule is CCCCCCCCCCCCc1cc(Br)sc1-c1nc2sc(-c3sc(Br)cc3CCCCCCCCCCCC)nc2s1. The van der Waals surface area contributed by atoms with E-state index in [2.05, 4.69) is 57.8 Å². The quantitative estimate of drug-likeness (QED) is 0.0660. The number of thiazole rings is 2. The lowest BCUT2D eigenvalue weighted by molar-refractivity contribution is 0.556. The maximum Gasteiger partial charge on any atom is 0.155 e. The lowest BCUT2D eigenvalue weighted by Gasteiger charge is -2.04. The highest BCUT2D eigenvalue weighted by Crippen LogP contribution is 2.44. The summed E-state index contributed by atoms with van der Waals surface area (Å²) in [7, 11) is 0. The second-order valence-corrected chi connectivity index (χ2v) is 19.1. The first-order valence-electron chi connectivity index (χ1n) is 17.4. The highest BCUT2D eigenvalue weighted by molar-refractivity contribution is 9.11. The molecule has 0 radical (unpaired) electrons. The van der Waals surface area contributed by atoms with Gasteiger partial charge >= 0.3 is 0 Å². The smallest absolute Gasteiger partial charge is 0.155 e. The molecule has 0 bridgehead atoms. The minimum Gasteiger partial charge on any atom is -0.222 e. The predicted octanol–water partition coefficient (Wildman–Crippen LogP) is 15.7. The second kappa shape index (κ2) is 21.0. The van der Waals surface area contributed by atoms with E-state index in [-0.39, 0.29) is 0 Å². The summed E-state index contributed by atoms with van der Waals surface area (Å²) in [4.78, 5) is 15.1. The van der Waals surface area contributed by atoms with Crippen LogP contribution < -0.4 is 0 Å². The first-order valence-corrected chi connectivity index (χ1v) is 22.3. The van der Waals surface area contributed by atoms with Crippen LogP contribution in [0.3, 0.4) is 0 Å². The van der Waals surface area contributed by atoms with Crippen LogP contribution in [0.1, 0.15) is 153 Å². The Bertz CT molecular complexity index is 1220. The van der Waals surface area contributed by atoms with E-state index in [0.717, 1.165) is 32.5 Å². The van der Waals surface area contributed by atoms with Crippen molar-refractivity contribution in [2.24, 2.45) is 0 Å². The lowest BCUT2D eigenvalue weighted by atomic mass is 10.0. The molecule has 4 heterocycles. The molecule has 244 valence electrons. The number of aromatic nitrogens is 2. The zero-order valence-electron chi connectivity index (χ0n) is 27.0. The van der Waals surface area contributed by atoms with Crippen molar-refractivity contribution in [2.75, 3.05) is 0 Å². The van der Waals surface area contributed by atoms with Crippen molar-refractivity contribution in [1.82, 2.24) is 9.97 Å². The van der Waals surface area contributed by atoms with Gasteiger partial charge in [-0.3, -0.25) is 0 Å². The van der Waals surface area contributed by atoms with Gasteiger partial charge in [0.15, 0.2) is 9.66 Å². The van der Waals surface area contributed by atoms with Crippen molar-refractivity contribution in [3.8, 4) is 19.8 Å². The summed E-state index contributed by atoms with van der Waals surface area (Å²) < 4.78 is 2.42. The molecule has 0 spiro atoms. The van der Waals surface area contributed by atoms with Crippen LogP contribution in [-0.4, -0.2) is 9.97 Å². The molecule has 4 aromatic rings. The minimum absolute atomic E-state index is 1.09. The highest BCUT2D eigenvalue weighted by Gasteiger charge is 2.20. The Labute approximate surface area is 300 Å². The average molecular weight is 801 g/mol. The summed E-state index contributed by atoms with van der Waals surface area (Å²) in [6.45, 7) is 4.59. The zero-order chi connectivity index (χ0) is 31.0. The van der Waals surface area contributed by atoms with Crippen LogP contribution in [0.2, 0.25) is 0 Å². The van der Waals surface area contributed by atoms with E-state index in [0.29, 0.717) is 0 Å². The van der Waals surface area contributed by atoms with Crippen LogP contribution in [0.4, 0.5) is 0 Å². The molecule has 0 aliphatic carbocycles. The van der Waals surface area contributed by atoms with Crippen LogP contribution >= 0.6 is 77.2 Å². The molecule has 44 heavy (non-hydrogen) atoms. The Balaban J connectivity index is 1.25. The molecule has 0 fully saturated rings. The molecule has 0 saturated carbocycles. The van der Waals surface area contributed by atoms with Gasteiger partial charge in [0.1, 0.15) is 10.0 Å². The molecule has 8 heteroatoms. The Morgan fingerprint density at radius 1 is 0.455 bits per heavy atom. The topological polar surface area (TPSA) is 25.8 Å². The monoisotopic (exact) mass is 798 g/mol. The van der Waals surface area contributed by atoms with E-state index < -0.39 is 0 Å². The fourth-order valence-electron chi connectivity index (χ4n) is 5.97. The van der Waals surface area contributed by atoms with Gasteiger partial charge < -0.3 is 0 Å². The van der Waals surface area contributed by atoms with Gasteiger partial charge in [-0.05, 0) is 80.8 Å². The van der Waals surface area contributed by atoms with E-state index in [4.69, 9.17) is 9.97 Å². The summed E-state index contributed by atoms with van der Waals surface area (Å²) in [5.41, 5.74) is 2.90. The first-order chi connectivity index (χ1) is 21.6. The Morgan fingerprint density at radius 3 is 1.11 bits per heavy atom. The number of thiophene rings is 2. The summed E-state index contributed by atoms with van der Waals surface area (Å²) >= 11 is 14.7. The molecule has 0 N–H and O–H groups in total. The van der Waals surface area contributed by atoms with E-state index in [1.54, 1.807) is 22.7 Å². The van der Waals surface area contributed by atoms with Gasteiger partial charge in [-0.25, -0.2) is 9.97 Å². The van der Waals surface area contributed by atoms with Crippen molar-refractivity contribution >= 4 is 86.9 Å². The van der Waals surface area contributed by atoms with Gasteiger partial charge in [0.25, 0.3) is 0 Å². The predicted molar refractivity (Wildman–Crippen MR) is 208 cm³/mol. The standard InChI is InChI=1S/C36H52Br2N2S4/c1-3-5-7-9-11-13-15-17-19-21-23-27-25-29(37)41-31(27)33-39-35-36(43-33)40-34(44-35)32-28(26-30(38)42-32)24-22-20-18-16-14-12-10-8-6-4-2/h25-26H,3-24H2,1-2H3. The number of halogens is 2. The van der Waals surface area contributed by atoms with Crippen molar-refractivity contribution in [3.05, 3.63) is 30.8 Å².